The number of rotatable bonds is 4. The number of ether oxygens (including phenoxy) is 2. The molecule has 0 radical (unpaired) electrons. The minimum atomic E-state index is -0.915. The Morgan fingerprint density at radius 1 is 1.12 bits per heavy atom. The van der Waals surface area contributed by atoms with Gasteiger partial charge in [-0.05, 0) is 34.6 Å². The van der Waals surface area contributed by atoms with Crippen molar-refractivity contribution in [2.75, 3.05) is 13.7 Å². The summed E-state index contributed by atoms with van der Waals surface area (Å²) in [6, 6.07) is 0. The molecule has 0 bridgehead atoms. The van der Waals surface area contributed by atoms with Crippen molar-refractivity contribution in [2.24, 2.45) is 0 Å². The van der Waals surface area contributed by atoms with E-state index >= 15 is 0 Å². The lowest BCUT2D eigenvalue weighted by atomic mass is 10.1. The molecule has 0 saturated heterocycles. The topological polar surface area (TPSA) is 64.6 Å². The Morgan fingerprint density at radius 3 is 2.00 bits per heavy atom. The van der Waals surface area contributed by atoms with E-state index in [4.69, 9.17) is 4.74 Å². The van der Waals surface area contributed by atoms with E-state index in [1.165, 1.54) is 7.11 Å². The van der Waals surface area contributed by atoms with Gasteiger partial charge >= 0.3 is 11.9 Å². The summed E-state index contributed by atoms with van der Waals surface area (Å²) in [5.74, 6) is -0.819. The van der Waals surface area contributed by atoms with Crippen LogP contribution in [0.1, 0.15) is 34.6 Å². The molecule has 0 saturated carbocycles. The van der Waals surface area contributed by atoms with Crippen LogP contribution in [0.2, 0.25) is 0 Å². The number of nitrogens with one attached hydrogen (secondary N) is 1. The monoisotopic (exact) mass is 231 g/mol. The maximum absolute atomic E-state index is 11.7. The van der Waals surface area contributed by atoms with Crippen LogP contribution < -0.4 is 5.32 Å². The van der Waals surface area contributed by atoms with E-state index in [1.807, 2.05) is 0 Å². The molecular weight excluding hydrogens is 210 g/mol. The van der Waals surface area contributed by atoms with Crippen molar-refractivity contribution in [3.8, 4) is 0 Å². The van der Waals surface area contributed by atoms with Gasteiger partial charge in [0.25, 0.3) is 0 Å². The largest absolute Gasteiger partial charge is 0.468 e. The van der Waals surface area contributed by atoms with E-state index in [0.29, 0.717) is 0 Å². The van der Waals surface area contributed by atoms with Gasteiger partial charge in [0.05, 0.1) is 13.7 Å². The molecule has 0 fully saturated rings. The Bertz CT molecular complexity index is 266. The molecule has 0 aromatic carbocycles. The molecule has 16 heavy (non-hydrogen) atoms. The second kappa shape index (κ2) is 5.30. The van der Waals surface area contributed by atoms with Crippen molar-refractivity contribution in [1.82, 2.24) is 5.32 Å². The first-order chi connectivity index (χ1) is 7.08. The second-order valence-corrected chi connectivity index (χ2v) is 5.06. The Labute approximate surface area is 96.5 Å². The maximum Gasteiger partial charge on any atom is 0.326 e. The highest BCUT2D eigenvalue weighted by Gasteiger charge is 2.32. The molecule has 0 spiro atoms. The molecular formula is C11H21NO4. The van der Waals surface area contributed by atoms with Crippen LogP contribution in [0.3, 0.4) is 0 Å². The van der Waals surface area contributed by atoms with Crippen LogP contribution in [-0.4, -0.2) is 36.7 Å². The zero-order valence-corrected chi connectivity index (χ0v) is 10.8. The zero-order chi connectivity index (χ0) is 13.0. The van der Waals surface area contributed by atoms with Gasteiger partial charge in [-0.1, -0.05) is 0 Å². The predicted octanol–water partition coefficient (Wildman–Crippen LogP) is 0.869. The molecule has 0 atom stereocenters. The summed E-state index contributed by atoms with van der Waals surface area (Å²) in [4.78, 5) is 22.7. The van der Waals surface area contributed by atoms with Gasteiger partial charge in [-0.25, -0.2) is 0 Å². The average Bonchev–Trinajstić information content (AvgIpc) is 2.11. The van der Waals surface area contributed by atoms with Crippen molar-refractivity contribution in [1.29, 1.82) is 0 Å². The maximum atomic E-state index is 11.7. The van der Waals surface area contributed by atoms with E-state index < -0.39 is 23.1 Å². The summed E-state index contributed by atoms with van der Waals surface area (Å²) in [6.07, 6.45) is 0. The Hall–Kier alpha value is -1.10. The Balaban J connectivity index is 4.32. The Kier molecular flexibility index (Phi) is 4.93. The Morgan fingerprint density at radius 2 is 1.62 bits per heavy atom. The van der Waals surface area contributed by atoms with E-state index in [1.54, 1.807) is 34.6 Å². The molecule has 5 nitrogen and oxygen atoms in total. The van der Waals surface area contributed by atoms with Gasteiger partial charge in [-0.2, -0.15) is 0 Å². The van der Waals surface area contributed by atoms with Crippen LogP contribution >= 0.6 is 0 Å². The molecule has 0 aromatic heterocycles. The molecule has 0 aliphatic carbocycles. The zero-order valence-electron chi connectivity index (χ0n) is 10.8. The summed E-state index contributed by atoms with van der Waals surface area (Å²) in [5.41, 5.74) is -1.46. The fourth-order valence-corrected chi connectivity index (χ4v) is 0.843. The third-order valence-electron chi connectivity index (χ3n) is 1.81. The summed E-state index contributed by atoms with van der Waals surface area (Å²) >= 11 is 0. The highest BCUT2D eigenvalue weighted by atomic mass is 16.6. The normalized spacial score (nSPS) is 12.1. The minimum Gasteiger partial charge on any atom is -0.468 e. The van der Waals surface area contributed by atoms with Gasteiger partial charge in [0.15, 0.2) is 0 Å². The first-order valence-corrected chi connectivity index (χ1v) is 5.14. The van der Waals surface area contributed by atoms with E-state index in [-0.39, 0.29) is 6.54 Å². The molecule has 0 aliphatic rings. The van der Waals surface area contributed by atoms with Crippen LogP contribution in [0.4, 0.5) is 0 Å². The van der Waals surface area contributed by atoms with Crippen LogP contribution in [-0.2, 0) is 19.1 Å². The smallest absolute Gasteiger partial charge is 0.326 e. The molecule has 0 aliphatic heterocycles. The lowest BCUT2D eigenvalue weighted by Gasteiger charge is -2.28. The molecule has 1 N–H and O–H groups in total. The number of hydrogen-bond donors (Lipinski definition) is 1. The highest BCUT2D eigenvalue weighted by molar-refractivity contribution is 5.81. The fourth-order valence-electron chi connectivity index (χ4n) is 0.843. The van der Waals surface area contributed by atoms with E-state index in [0.717, 1.165) is 0 Å². The van der Waals surface area contributed by atoms with Crippen molar-refractivity contribution in [2.45, 2.75) is 45.8 Å². The number of carbonyl (C=O) groups is 2. The lowest BCUT2D eigenvalue weighted by Crippen LogP contribution is -2.51. The predicted molar refractivity (Wildman–Crippen MR) is 59.9 cm³/mol. The van der Waals surface area contributed by atoms with Gasteiger partial charge < -0.3 is 9.47 Å². The van der Waals surface area contributed by atoms with Crippen molar-refractivity contribution in [3.05, 3.63) is 0 Å². The minimum absolute atomic E-state index is 0.0251. The standard InChI is InChI=1S/C11H21NO4/c1-10(2,3)16-9(14)11(4,5)12-7-8(13)15-6/h12H,7H2,1-6H3. The SMILES string of the molecule is COC(=O)CNC(C)(C)C(=O)OC(C)(C)C. The fraction of sp³-hybridized carbons (Fsp3) is 0.818. The quantitative estimate of drug-likeness (QED) is 0.727. The van der Waals surface area contributed by atoms with Gasteiger partial charge in [-0.3, -0.25) is 14.9 Å². The molecule has 0 unspecified atom stereocenters. The summed E-state index contributed by atoms with van der Waals surface area (Å²) in [7, 11) is 1.30. The number of hydrogen-bond acceptors (Lipinski definition) is 5. The van der Waals surface area contributed by atoms with Crippen LogP contribution in [0, 0.1) is 0 Å². The molecule has 5 heteroatoms. The summed E-state index contributed by atoms with van der Waals surface area (Å²) in [5, 5.41) is 2.78. The number of methoxy groups -OCH3 is 1. The number of carbonyl (C=O) groups excluding carboxylic acids is 2. The average molecular weight is 231 g/mol. The first-order valence-electron chi connectivity index (χ1n) is 5.14. The number of esters is 2. The van der Waals surface area contributed by atoms with Crippen LogP contribution in [0.15, 0.2) is 0 Å². The summed E-state index contributed by atoms with van der Waals surface area (Å²) < 4.78 is 9.69. The first kappa shape index (κ1) is 14.9. The van der Waals surface area contributed by atoms with Gasteiger partial charge in [0.2, 0.25) is 0 Å². The molecule has 0 aromatic rings. The van der Waals surface area contributed by atoms with Gasteiger partial charge in [0, 0.05) is 0 Å². The van der Waals surface area contributed by atoms with E-state index in [2.05, 4.69) is 10.1 Å². The molecule has 94 valence electrons. The third kappa shape index (κ3) is 5.70. The van der Waals surface area contributed by atoms with Crippen molar-refractivity contribution < 1.29 is 19.1 Å². The third-order valence-corrected chi connectivity index (χ3v) is 1.81. The van der Waals surface area contributed by atoms with Crippen molar-refractivity contribution in [3.63, 3.8) is 0 Å². The van der Waals surface area contributed by atoms with Gasteiger partial charge in [-0.15, -0.1) is 0 Å². The van der Waals surface area contributed by atoms with E-state index in [9.17, 15) is 9.59 Å². The molecule has 0 heterocycles. The summed E-state index contributed by atoms with van der Waals surface area (Å²) in [6.45, 7) is 8.67. The lowest BCUT2D eigenvalue weighted by molar-refractivity contribution is -0.162. The van der Waals surface area contributed by atoms with Crippen LogP contribution in [0.5, 0.6) is 0 Å². The molecule has 0 amide bonds. The molecule has 0 rings (SSSR count). The highest BCUT2D eigenvalue weighted by Crippen LogP contribution is 2.13. The van der Waals surface area contributed by atoms with Crippen molar-refractivity contribution >= 4 is 11.9 Å². The second-order valence-electron chi connectivity index (χ2n) is 5.06. The van der Waals surface area contributed by atoms with Gasteiger partial charge in [0.1, 0.15) is 11.1 Å². The van der Waals surface area contributed by atoms with Crippen LogP contribution in [0.25, 0.3) is 0 Å².